The summed E-state index contributed by atoms with van der Waals surface area (Å²) in [5.41, 5.74) is 0.896. The molecule has 0 unspecified atom stereocenters. The zero-order valence-corrected chi connectivity index (χ0v) is 17.8. The summed E-state index contributed by atoms with van der Waals surface area (Å²) in [4.78, 5) is 23.5. The van der Waals surface area contributed by atoms with Crippen LogP contribution in [0.5, 0.6) is 5.75 Å². The molecule has 0 saturated heterocycles. The maximum atomic E-state index is 12.9. The van der Waals surface area contributed by atoms with Gasteiger partial charge in [-0.15, -0.1) is 11.3 Å². The fourth-order valence-electron chi connectivity index (χ4n) is 4.97. The van der Waals surface area contributed by atoms with Crippen molar-refractivity contribution in [3.8, 4) is 5.75 Å². The van der Waals surface area contributed by atoms with E-state index < -0.39 is 5.97 Å². The predicted molar refractivity (Wildman–Crippen MR) is 111 cm³/mol. The Hall–Kier alpha value is -1.82. The zero-order valence-electron chi connectivity index (χ0n) is 16.9. The molecule has 1 aromatic rings. The number of allylic oxidation sites excluding steroid dienone is 2. The fraction of sp³-hybridized carbons (Fsp3) is 0.636. The van der Waals surface area contributed by atoms with Crippen LogP contribution in [0.4, 0.5) is 0 Å². The maximum absolute atomic E-state index is 12.9. The van der Waals surface area contributed by atoms with Crippen LogP contribution in [-0.2, 0) is 4.79 Å². The number of methoxy groups -OCH3 is 1. The molecule has 2 N–H and O–H groups in total. The average molecular weight is 406 g/mol. The number of amides is 1. The molecule has 0 aliphatic heterocycles. The van der Waals surface area contributed by atoms with Crippen molar-refractivity contribution in [1.82, 2.24) is 5.32 Å². The summed E-state index contributed by atoms with van der Waals surface area (Å²) < 4.78 is 5.32. The standard InChI is InChI=1S/C22H31NO4S/c1-22(2)15-10-14(8-6-4-5-7-9-19(24)25)20(17(22)11-15)23-21(26)16-12-28-13-18(16)27-3/h4,6,12-15,17,20H,5,7-11H2,1-3H3,(H,23,26)(H,24,25)/b6-4-/t14-,15-,17-,20+/m0/s1. The molecule has 4 rings (SSSR count). The molecule has 1 aromatic heterocycles. The molecule has 2 bridgehead atoms. The second-order valence-electron chi connectivity index (χ2n) is 8.70. The number of unbranched alkanes of at least 4 members (excludes halogenated alkanes) is 1. The molecule has 0 spiro atoms. The van der Waals surface area contributed by atoms with Crippen LogP contribution in [0.15, 0.2) is 22.9 Å². The smallest absolute Gasteiger partial charge is 0.303 e. The largest absolute Gasteiger partial charge is 0.495 e. The van der Waals surface area contributed by atoms with Gasteiger partial charge in [-0.1, -0.05) is 26.0 Å². The zero-order chi connectivity index (χ0) is 20.3. The van der Waals surface area contributed by atoms with Crippen molar-refractivity contribution in [1.29, 1.82) is 0 Å². The van der Waals surface area contributed by atoms with Gasteiger partial charge in [-0.3, -0.25) is 9.59 Å². The Kier molecular flexibility index (Phi) is 6.48. The maximum Gasteiger partial charge on any atom is 0.303 e. The van der Waals surface area contributed by atoms with Crippen molar-refractivity contribution in [2.75, 3.05) is 7.11 Å². The lowest BCUT2D eigenvalue weighted by Crippen LogP contribution is -2.63. The number of hydrogen-bond acceptors (Lipinski definition) is 4. The van der Waals surface area contributed by atoms with E-state index >= 15 is 0 Å². The van der Waals surface area contributed by atoms with Crippen LogP contribution in [-0.4, -0.2) is 30.1 Å². The molecule has 3 fully saturated rings. The SMILES string of the molecule is COc1cscc1C(=O)N[C@@H]1[C@@H](C/C=C\CCCC(=O)O)C[C@H]2C[C@@H]1C2(C)C. The normalized spacial score (nSPS) is 28.0. The third-order valence-electron chi connectivity index (χ3n) is 6.83. The average Bonchev–Trinajstić information content (AvgIpc) is 3.13. The first kappa shape index (κ1) is 20.9. The van der Waals surface area contributed by atoms with Gasteiger partial charge in [0, 0.05) is 23.2 Å². The first-order chi connectivity index (χ1) is 13.3. The third-order valence-corrected chi connectivity index (χ3v) is 7.55. The molecule has 154 valence electrons. The van der Waals surface area contributed by atoms with Gasteiger partial charge in [0.25, 0.3) is 5.91 Å². The molecule has 0 radical (unpaired) electrons. The Labute approximate surface area is 171 Å². The van der Waals surface area contributed by atoms with Crippen molar-refractivity contribution >= 4 is 23.2 Å². The van der Waals surface area contributed by atoms with E-state index in [4.69, 9.17) is 9.84 Å². The summed E-state index contributed by atoms with van der Waals surface area (Å²) in [5, 5.41) is 15.8. The number of ether oxygens (including phenoxy) is 1. The molecule has 6 heteroatoms. The number of carboxylic acid groups (broad SMARTS) is 1. The minimum atomic E-state index is -0.741. The van der Waals surface area contributed by atoms with E-state index in [-0.39, 0.29) is 23.8 Å². The Balaban J connectivity index is 1.63. The number of carbonyl (C=O) groups is 2. The molecule has 4 atom stereocenters. The van der Waals surface area contributed by atoms with E-state index in [1.54, 1.807) is 7.11 Å². The van der Waals surface area contributed by atoms with Gasteiger partial charge < -0.3 is 15.2 Å². The highest BCUT2D eigenvalue weighted by Crippen LogP contribution is 2.61. The monoisotopic (exact) mass is 405 g/mol. The highest BCUT2D eigenvalue weighted by atomic mass is 32.1. The van der Waals surface area contributed by atoms with Gasteiger partial charge >= 0.3 is 5.97 Å². The summed E-state index contributed by atoms with van der Waals surface area (Å²) >= 11 is 1.48. The van der Waals surface area contributed by atoms with E-state index in [0.717, 1.165) is 25.2 Å². The van der Waals surface area contributed by atoms with Gasteiger partial charge in [-0.05, 0) is 55.3 Å². The van der Waals surface area contributed by atoms with Crippen molar-refractivity contribution in [2.24, 2.45) is 23.2 Å². The Morgan fingerprint density at radius 3 is 2.79 bits per heavy atom. The van der Waals surface area contributed by atoms with Crippen molar-refractivity contribution < 1.29 is 19.4 Å². The number of rotatable bonds is 9. The van der Waals surface area contributed by atoms with Gasteiger partial charge in [0.05, 0.1) is 12.7 Å². The minimum absolute atomic E-state index is 0.0420. The summed E-state index contributed by atoms with van der Waals surface area (Å²) in [6.07, 6.45) is 9.21. The number of carboxylic acids is 1. The lowest BCUT2D eigenvalue weighted by atomic mass is 9.44. The number of nitrogens with one attached hydrogen (secondary N) is 1. The van der Waals surface area contributed by atoms with Crippen LogP contribution in [0.2, 0.25) is 0 Å². The molecular weight excluding hydrogens is 374 g/mol. The van der Waals surface area contributed by atoms with E-state index in [0.29, 0.717) is 29.6 Å². The molecule has 3 aliphatic rings. The highest BCUT2D eigenvalue weighted by molar-refractivity contribution is 7.08. The minimum Gasteiger partial charge on any atom is -0.495 e. The van der Waals surface area contributed by atoms with E-state index in [9.17, 15) is 9.59 Å². The molecular formula is C22H31NO4S. The van der Waals surface area contributed by atoms with Crippen LogP contribution in [0.3, 0.4) is 0 Å². The van der Waals surface area contributed by atoms with Crippen molar-refractivity contribution in [3.05, 3.63) is 28.5 Å². The first-order valence-corrected chi connectivity index (χ1v) is 11.1. The highest BCUT2D eigenvalue weighted by Gasteiger charge is 2.57. The Bertz CT molecular complexity index is 739. The van der Waals surface area contributed by atoms with Crippen LogP contribution >= 0.6 is 11.3 Å². The molecule has 28 heavy (non-hydrogen) atoms. The third kappa shape index (κ3) is 4.27. The topological polar surface area (TPSA) is 75.6 Å². The van der Waals surface area contributed by atoms with Gasteiger partial charge in [0.15, 0.2) is 0 Å². The van der Waals surface area contributed by atoms with E-state index in [1.807, 2.05) is 10.8 Å². The summed E-state index contributed by atoms with van der Waals surface area (Å²) in [6, 6.07) is 0.167. The number of carbonyl (C=O) groups excluding carboxylic acids is 1. The van der Waals surface area contributed by atoms with Crippen molar-refractivity contribution in [2.45, 2.75) is 58.4 Å². The molecule has 3 aliphatic carbocycles. The van der Waals surface area contributed by atoms with Gasteiger partial charge in [0.2, 0.25) is 0 Å². The van der Waals surface area contributed by atoms with E-state index in [2.05, 4.69) is 31.3 Å². The van der Waals surface area contributed by atoms with Crippen LogP contribution < -0.4 is 10.1 Å². The molecule has 1 heterocycles. The Morgan fingerprint density at radius 1 is 1.32 bits per heavy atom. The second kappa shape index (κ2) is 8.68. The number of thiophene rings is 1. The fourth-order valence-corrected chi connectivity index (χ4v) is 5.74. The molecule has 1 amide bonds. The number of fused-ring (bicyclic) bond motifs is 2. The number of hydrogen-bond donors (Lipinski definition) is 2. The lowest BCUT2D eigenvalue weighted by Gasteiger charge is -2.62. The lowest BCUT2D eigenvalue weighted by molar-refractivity contribution is -0.137. The molecule has 3 saturated carbocycles. The van der Waals surface area contributed by atoms with Crippen LogP contribution in [0.1, 0.15) is 62.7 Å². The summed E-state index contributed by atoms with van der Waals surface area (Å²) in [7, 11) is 1.59. The van der Waals surface area contributed by atoms with Crippen LogP contribution in [0, 0.1) is 23.2 Å². The number of aliphatic carboxylic acids is 1. The second-order valence-corrected chi connectivity index (χ2v) is 9.45. The van der Waals surface area contributed by atoms with E-state index in [1.165, 1.54) is 17.8 Å². The first-order valence-electron chi connectivity index (χ1n) is 10.1. The summed E-state index contributed by atoms with van der Waals surface area (Å²) in [5.74, 6) is 1.52. The van der Waals surface area contributed by atoms with Gasteiger partial charge in [-0.25, -0.2) is 0 Å². The van der Waals surface area contributed by atoms with Crippen LogP contribution in [0.25, 0.3) is 0 Å². The molecule has 5 nitrogen and oxygen atoms in total. The van der Waals surface area contributed by atoms with Gasteiger partial charge in [0.1, 0.15) is 5.75 Å². The molecule has 0 aromatic carbocycles. The summed E-state index contributed by atoms with van der Waals surface area (Å²) in [6.45, 7) is 4.66. The van der Waals surface area contributed by atoms with Gasteiger partial charge in [-0.2, -0.15) is 0 Å². The predicted octanol–water partition coefficient (Wildman–Crippen LogP) is 4.74. The van der Waals surface area contributed by atoms with Crippen molar-refractivity contribution in [3.63, 3.8) is 0 Å². The Morgan fingerprint density at radius 2 is 2.11 bits per heavy atom. The quantitative estimate of drug-likeness (QED) is 0.460.